The number of anilines is 1. The molecule has 8 heteroatoms. The molecule has 2 heterocycles. The zero-order chi connectivity index (χ0) is 20.9. The number of carbonyl (C=O) groups is 1. The fourth-order valence-electron chi connectivity index (χ4n) is 4.61. The van der Waals surface area contributed by atoms with Crippen LogP contribution in [0.2, 0.25) is 0 Å². The van der Waals surface area contributed by atoms with Gasteiger partial charge in [-0.05, 0) is 51.0 Å². The van der Waals surface area contributed by atoms with E-state index in [1.54, 1.807) is 11.3 Å². The van der Waals surface area contributed by atoms with Crippen molar-refractivity contribution in [3.8, 4) is 6.07 Å². The average molecular weight is 444 g/mol. The monoisotopic (exact) mass is 443 g/mol. The third kappa shape index (κ3) is 4.57. The van der Waals surface area contributed by atoms with Crippen molar-refractivity contribution in [2.45, 2.75) is 88.8 Å². The second-order valence-corrected chi connectivity index (χ2v) is 10.2. The van der Waals surface area contributed by atoms with E-state index in [9.17, 15) is 10.1 Å². The fraction of sp³-hybridized carbons (Fsp3) is 0.636. The van der Waals surface area contributed by atoms with Crippen LogP contribution in [0.5, 0.6) is 0 Å². The van der Waals surface area contributed by atoms with E-state index >= 15 is 0 Å². The molecule has 0 aromatic carbocycles. The Morgan fingerprint density at radius 1 is 1.20 bits per heavy atom. The Kier molecular flexibility index (Phi) is 7.11. The van der Waals surface area contributed by atoms with Gasteiger partial charge >= 0.3 is 0 Å². The lowest BCUT2D eigenvalue weighted by molar-refractivity contribution is -0.113. The molecule has 0 saturated heterocycles. The second kappa shape index (κ2) is 9.97. The number of nitriles is 1. The van der Waals surface area contributed by atoms with Crippen molar-refractivity contribution in [1.82, 2.24) is 14.8 Å². The molecule has 1 saturated carbocycles. The van der Waals surface area contributed by atoms with Gasteiger partial charge in [0.15, 0.2) is 5.16 Å². The highest BCUT2D eigenvalue weighted by Gasteiger charge is 2.24. The Labute approximate surface area is 186 Å². The minimum absolute atomic E-state index is 0.0854. The van der Waals surface area contributed by atoms with E-state index in [4.69, 9.17) is 0 Å². The highest BCUT2D eigenvalue weighted by Crippen LogP contribution is 2.37. The van der Waals surface area contributed by atoms with Gasteiger partial charge in [0.1, 0.15) is 16.9 Å². The first kappa shape index (κ1) is 21.4. The number of hydrogen-bond acceptors (Lipinski definition) is 6. The van der Waals surface area contributed by atoms with Gasteiger partial charge in [-0.1, -0.05) is 37.4 Å². The number of fused-ring (bicyclic) bond motifs is 1. The van der Waals surface area contributed by atoms with Gasteiger partial charge in [0, 0.05) is 17.3 Å². The van der Waals surface area contributed by atoms with Gasteiger partial charge in [-0.25, -0.2) is 0 Å². The number of aromatic nitrogens is 3. The molecule has 6 nitrogen and oxygen atoms in total. The van der Waals surface area contributed by atoms with Crippen LogP contribution in [-0.2, 0) is 24.2 Å². The Morgan fingerprint density at radius 2 is 1.97 bits per heavy atom. The molecule has 0 radical (unpaired) electrons. The highest BCUT2D eigenvalue weighted by molar-refractivity contribution is 7.99. The fourth-order valence-corrected chi connectivity index (χ4v) is 6.67. The topological polar surface area (TPSA) is 83.6 Å². The van der Waals surface area contributed by atoms with E-state index in [1.807, 2.05) is 0 Å². The molecular weight excluding hydrogens is 414 g/mol. The van der Waals surface area contributed by atoms with Crippen molar-refractivity contribution in [2.24, 2.45) is 0 Å². The summed E-state index contributed by atoms with van der Waals surface area (Å²) < 4.78 is 2.17. The smallest absolute Gasteiger partial charge is 0.235 e. The maximum absolute atomic E-state index is 12.7. The number of thiophene rings is 1. The Morgan fingerprint density at radius 3 is 2.73 bits per heavy atom. The van der Waals surface area contributed by atoms with Gasteiger partial charge in [0.25, 0.3) is 0 Å². The van der Waals surface area contributed by atoms with Gasteiger partial charge in [0.2, 0.25) is 5.91 Å². The third-order valence-corrected chi connectivity index (χ3v) is 8.32. The van der Waals surface area contributed by atoms with Crippen molar-refractivity contribution in [3.63, 3.8) is 0 Å². The van der Waals surface area contributed by atoms with E-state index in [-0.39, 0.29) is 11.7 Å². The van der Waals surface area contributed by atoms with Crippen LogP contribution in [-0.4, -0.2) is 26.4 Å². The van der Waals surface area contributed by atoms with E-state index in [1.165, 1.54) is 55.2 Å². The predicted molar refractivity (Wildman–Crippen MR) is 121 cm³/mol. The molecule has 2 aliphatic carbocycles. The van der Waals surface area contributed by atoms with Crippen molar-refractivity contribution >= 4 is 34.0 Å². The van der Waals surface area contributed by atoms with Crippen molar-refractivity contribution in [1.29, 1.82) is 5.26 Å². The maximum Gasteiger partial charge on any atom is 0.235 e. The molecule has 2 aromatic heterocycles. The molecule has 1 fully saturated rings. The van der Waals surface area contributed by atoms with Gasteiger partial charge < -0.3 is 9.88 Å². The summed E-state index contributed by atoms with van der Waals surface area (Å²) in [5, 5.41) is 23.0. The van der Waals surface area contributed by atoms with E-state index in [0.717, 1.165) is 53.8 Å². The molecule has 0 atom stereocenters. The van der Waals surface area contributed by atoms with Crippen LogP contribution in [0.4, 0.5) is 5.00 Å². The number of amides is 1. The standard InChI is InChI=1S/C22H29N5OS2/c1-2-27-20(15-9-5-3-6-10-15)25-26-22(27)29-14-19(28)24-21-17(13-23)16-11-7-4-8-12-18(16)30-21/h15H,2-12,14H2,1H3,(H,24,28). The van der Waals surface area contributed by atoms with Crippen LogP contribution in [0.3, 0.4) is 0 Å². The van der Waals surface area contributed by atoms with Crippen LogP contribution < -0.4 is 5.32 Å². The molecule has 30 heavy (non-hydrogen) atoms. The zero-order valence-electron chi connectivity index (χ0n) is 17.6. The molecule has 2 aliphatic rings. The minimum Gasteiger partial charge on any atom is -0.316 e. The molecule has 0 aliphatic heterocycles. The SMILES string of the molecule is CCn1c(SCC(=O)Nc2sc3c(c2C#N)CCCCC3)nnc1C1CCCCC1. The molecule has 160 valence electrons. The van der Waals surface area contributed by atoms with E-state index in [0.29, 0.717) is 11.5 Å². The van der Waals surface area contributed by atoms with Crippen molar-refractivity contribution < 1.29 is 4.79 Å². The lowest BCUT2D eigenvalue weighted by Gasteiger charge is -2.21. The van der Waals surface area contributed by atoms with Crippen LogP contribution in [0, 0.1) is 11.3 Å². The van der Waals surface area contributed by atoms with Crippen LogP contribution in [0.25, 0.3) is 0 Å². The first-order valence-electron chi connectivity index (χ1n) is 11.1. The first-order valence-corrected chi connectivity index (χ1v) is 12.9. The summed E-state index contributed by atoms with van der Waals surface area (Å²) in [6, 6.07) is 2.33. The molecule has 4 rings (SSSR count). The summed E-state index contributed by atoms with van der Waals surface area (Å²) >= 11 is 3.02. The normalized spacial score (nSPS) is 17.2. The quantitative estimate of drug-likeness (QED) is 0.485. The van der Waals surface area contributed by atoms with Gasteiger partial charge in [-0.15, -0.1) is 21.5 Å². The molecule has 1 N–H and O–H groups in total. The van der Waals surface area contributed by atoms with Crippen LogP contribution >= 0.6 is 23.1 Å². The molecule has 0 spiro atoms. The van der Waals surface area contributed by atoms with E-state index in [2.05, 4.69) is 33.1 Å². The Hall–Kier alpha value is -1.85. The molecule has 1 amide bonds. The van der Waals surface area contributed by atoms with Crippen molar-refractivity contribution in [2.75, 3.05) is 11.1 Å². The molecular formula is C22H29N5OS2. The third-order valence-electron chi connectivity index (χ3n) is 6.15. The number of thioether (sulfide) groups is 1. The zero-order valence-corrected chi connectivity index (χ0v) is 19.2. The largest absolute Gasteiger partial charge is 0.316 e. The summed E-state index contributed by atoms with van der Waals surface area (Å²) in [7, 11) is 0. The minimum atomic E-state index is -0.0854. The maximum atomic E-state index is 12.7. The highest BCUT2D eigenvalue weighted by atomic mass is 32.2. The second-order valence-electron chi connectivity index (χ2n) is 8.14. The van der Waals surface area contributed by atoms with Crippen LogP contribution in [0.15, 0.2) is 5.16 Å². The predicted octanol–water partition coefficient (Wildman–Crippen LogP) is 5.28. The Balaban J connectivity index is 1.41. The molecule has 2 aromatic rings. The lowest BCUT2D eigenvalue weighted by Crippen LogP contribution is -2.15. The molecule has 0 bridgehead atoms. The summed E-state index contributed by atoms with van der Waals surface area (Å²) in [5.74, 6) is 1.76. The average Bonchev–Trinajstić information content (AvgIpc) is 3.25. The van der Waals surface area contributed by atoms with Gasteiger partial charge in [-0.3, -0.25) is 4.79 Å². The number of hydrogen-bond donors (Lipinski definition) is 1. The van der Waals surface area contributed by atoms with Gasteiger partial charge in [-0.2, -0.15) is 5.26 Å². The Bertz CT molecular complexity index is 936. The van der Waals surface area contributed by atoms with Crippen LogP contribution in [0.1, 0.15) is 86.0 Å². The number of nitrogens with one attached hydrogen (secondary N) is 1. The summed E-state index contributed by atoms with van der Waals surface area (Å²) in [4.78, 5) is 13.9. The van der Waals surface area contributed by atoms with Crippen molar-refractivity contribution in [3.05, 3.63) is 21.8 Å². The summed E-state index contributed by atoms with van der Waals surface area (Å²) in [6.45, 7) is 2.93. The number of carbonyl (C=O) groups excluding carboxylic acids is 1. The van der Waals surface area contributed by atoms with Gasteiger partial charge in [0.05, 0.1) is 11.3 Å². The van der Waals surface area contributed by atoms with E-state index < -0.39 is 0 Å². The number of rotatable bonds is 6. The first-order chi connectivity index (χ1) is 14.7. The number of aryl methyl sites for hydroxylation is 1. The number of nitrogens with zero attached hydrogens (tertiary/aromatic N) is 4. The summed E-state index contributed by atoms with van der Waals surface area (Å²) in [6.07, 6.45) is 11.7. The lowest BCUT2D eigenvalue weighted by atomic mass is 9.89. The summed E-state index contributed by atoms with van der Waals surface area (Å²) in [5.41, 5.74) is 1.83. The molecule has 0 unspecified atom stereocenters.